The molecule has 0 unspecified atom stereocenters. The maximum absolute atomic E-state index is 12.5. The van der Waals surface area contributed by atoms with E-state index in [1.807, 2.05) is 6.07 Å². The zero-order valence-corrected chi connectivity index (χ0v) is 14.4. The standard InChI is InChI=1S/C17H13Cl2NO4/c1-3-23-15-7-10(9-20)6-13(19)16(15)24-17(21)12-8-11(18)4-5-14(12)22-2/h4-8H,3H2,1-2H3. The molecule has 0 radical (unpaired) electrons. The van der Waals surface area contributed by atoms with Crippen molar-refractivity contribution in [3.8, 4) is 23.3 Å². The van der Waals surface area contributed by atoms with Gasteiger partial charge in [0.05, 0.1) is 30.4 Å². The average molecular weight is 366 g/mol. The van der Waals surface area contributed by atoms with Crippen LogP contribution in [0.1, 0.15) is 22.8 Å². The van der Waals surface area contributed by atoms with E-state index in [9.17, 15) is 4.79 Å². The molecule has 7 heteroatoms. The molecule has 0 spiro atoms. The summed E-state index contributed by atoms with van der Waals surface area (Å²) in [5.74, 6) is -0.158. The van der Waals surface area contributed by atoms with Crippen molar-refractivity contribution in [2.45, 2.75) is 6.92 Å². The lowest BCUT2D eigenvalue weighted by Crippen LogP contribution is -2.11. The Morgan fingerprint density at radius 3 is 2.58 bits per heavy atom. The fraction of sp³-hybridized carbons (Fsp3) is 0.176. The summed E-state index contributed by atoms with van der Waals surface area (Å²) >= 11 is 12.0. The van der Waals surface area contributed by atoms with Gasteiger partial charge in [-0.3, -0.25) is 0 Å². The first-order chi connectivity index (χ1) is 11.5. The van der Waals surface area contributed by atoms with Crippen LogP contribution in [0.25, 0.3) is 0 Å². The second-order valence-electron chi connectivity index (χ2n) is 4.56. The third kappa shape index (κ3) is 3.91. The van der Waals surface area contributed by atoms with Crippen LogP contribution in [0.4, 0.5) is 0 Å². The third-order valence-electron chi connectivity index (χ3n) is 3.01. The molecule has 0 atom stereocenters. The molecule has 0 aliphatic rings. The number of hydrogen-bond donors (Lipinski definition) is 0. The topological polar surface area (TPSA) is 68.5 Å². The smallest absolute Gasteiger partial charge is 0.347 e. The maximum atomic E-state index is 12.5. The highest BCUT2D eigenvalue weighted by Gasteiger charge is 2.20. The lowest BCUT2D eigenvalue weighted by Gasteiger charge is -2.14. The van der Waals surface area contributed by atoms with Gasteiger partial charge < -0.3 is 14.2 Å². The number of nitriles is 1. The number of carbonyl (C=O) groups is 1. The Kier molecular flexibility index (Phi) is 5.91. The van der Waals surface area contributed by atoms with Gasteiger partial charge in [0, 0.05) is 11.1 Å². The molecular formula is C17H13Cl2NO4. The molecule has 24 heavy (non-hydrogen) atoms. The molecule has 0 aromatic heterocycles. The van der Waals surface area contributed by atoms with Crippen LogP contribution >= 0.6 is 23.2 Å². The second-order valence-corrected chi connectivity index (χ2v) is 5.41. The van der Waals surface area contributed by atoms with Crippen LogP contribution in [0.15, 0.2) is 30.3 Å². The number of halogens is 2. The summed E-state index contributed by atoms with van der Waals surface area (Å²) in [5.41, 5.74) is 0.441. The summed E-state index contributed by atoms with van der Waals surface area (Å²) in [6.07, 6.45) is 0. The van der Waals surface area contributed by atoms with E-state index < -0.39 is 5.97 Å². The van der Waals surface area contributed by atoms with Gasteiger partial charge in [0.2, 0.25) is 0 Å². The summed E-state index contributed by atoms with van der Waals surface area (Å²) in [4.78, 5) is 12.5. The van der Waals surface area contributed by atoms with Gasteiger partial charge in [0.1, 0.15) is 11.3 Å². The monoisotopic (exact) mass is 365 g/mol. The molecule has 0 saturated heterocycles. The number of hydrogen-bond acceptors (Lipinski definition) is 5. The highest BCUT2D eigenvalue weighted by Crippen LogP contribution is 2.37. The highest BCUT2D eigenvalue weighted by atomic mass is 35.5. The SMILES string of the molecule is CCOc1cc(C#N)cc(Cl)c1OC(=O)c1cc(Cl)ccc1OC. The van der Waals surface area contributed by atoms with Crippen molar-refractivity contribution in [3.63, 3.8) is 0 Å². The Morgan fingerprint density at radius 2 is 1.96 bits per heavy atom. The predicted octanol–water partition coefficient (Wildman–Crippen LogP) is 4.49. The van der Waals surface area contributed by atoms with Gasteiger partial charge in [0.15, 0.2) is 11.5 Å². The Hall–Kier alpha value is -2.42. The van der Waals surface area contributed by atoms with Crippen molar-refractivity contribution in [2.75, 3.05) is 13.7 Å². The van der Waals surface area contributed by atoms with Crippen LogP contribution in [0.5, 0.6) is 17.2 Å². The molecule has 0 N–H and O–H groups in total. The minimum Gasteiger partial charge on any atom is -0.496 e. The Balaban J connectivity index is 2.42. The molecule has 2 rings (SSSR count). The number of rotatable bonds is 5. The normalized spacial score (nSPS) is 9.96. The van der Waals surface area contributed by atoms with Crippen LogP contribution in [0, 0.1) is 11.3 Å². The zero-order valence-electron chi connectivity index (χ0n) is 12.9. The molecule has 0 saturated carbocycles. The van der Waals surface area contributed by atoms with Crippen molar-refractivity contribution in [1.82, 2.24) is 0 Å². The third-order valence-corrected chi connectivity index (χ3v) is 3.53. The first-order valence-electron chi connectivity index (χ1n) is 6.92. The first kappa shape index (κ1) is 17.9. The molecular weight excluding hydrogens is 353 g/mol. The lowest BCUT2D eigenvalue weighted by atomic mass is 10.2. The molecule has 124 valence electrons. The van der Waals surface area contributed by atoms with Gasteiger partial charge in [-0.1, -0.05) is 23.2 Å². The van der Waals surface area contributed by atoms with Crippen LogP contribution < -0.4 is 14.2 Å². The molecule has 5 nitrogen and oxygen atoms in total. The fourth-order valence-corrected chi connectivity index (χ4v) is 2.40. The molecule has 0 aliphatic heterocycles. The number of benzene rings is 2. The van der Waals surface area contributed by atoms with Crippen molar-refractivity contribution >= 4 is 29.2 Å². The van der Waals surface area contributed by atoms with Crippen LogP contribution in [-0.4, -0.2) is 19.7 Å². The van der Waals surface area contributed by atoms with Crippen LogP contribution in [0.3, 0.4) is 0 Å². The van der Waals surface area contributed by atoms with Gasteiger partial charge in [-0.15, -0.1) is 0 Å². The van der Waals surface area contributed by atoms with Crippen molar-refractivity contribution in [2.24, 2.45) is 0 Å². The summed E-state index contributed by atoms with van der Waals surface area (Å²) in [5, 5.41) is 9.45. The zero-order chi connectivity index (χ0) is 17.7. The summed E-state index contributed by atoms with van der Waals surface area (Å²) in [7, 11) is 1.43. The molecule has 0 aliphatic carbocycles. The van der Waals surface area contributed by atoms with E-state index in [0.717, 1.165) is 0 Å². The predicted molar refractivity (Wildman–Crippen MR) is 90.3 cm³/mol. The van der Waals surface area contributed by atoms with Gasteiger partial charge in [-0.05, 0) is 31.2 Å². The number of esters is 1. The van der Waals surface area contributed by atoms with Crippen molar-refractivity contribution in [3.05, 3.63) is 51.5 Å². The van der Waals surface area contributed by atoms with E-state index in [1.54, 1.807) is 19.1 Å². The van der Waals surface area contributed by atoms with Gasteiger partial charge in [0.25, 0.3) is 0 Å². The largest absolute Gasteiger partial charge is 0.496 e. The lowest BCUT2D eigenvalue weighted by molar-refractivity contribution is 0.0725. The fourth-order valence-electron chi connectivity index (χ4n) is 1.98. The molecule has 2 aromatic rings. The molecule has 2 aromatic carbocycles. The van der Waals surface area contributed by atoms with Crippen LogP contribution in [-0.2, 0) is 0 Å². The summed E-state index contributed by atoms with van der Waals surface area (Å²) in [6.45, 7) is 2.08. The van der Waals surface area contributed by atoms with E-state index in [4.69, 9.17) is 42.7 Å². The molecule has 0 heterocycles. The summed E-state index contributed by atoms with van der Waals surface area (Å²) in [6, 6.07) is 9.39. The molecule has 0 amide bonds. The first-order valence-corrected chi connectivity index (χ1v) is 7.67. The minimum absolute atomic E-state index is 0.0320. The summed E-state index contributed by atoms with van der Waals surface area (Å²) < 4.78 is 15.9. The van der Waals surface area contributed by atoms with Gasteiger partial charge in [-0.25, -0.2) is 4.79 Å². The molecule has 0 bridgehead atoms. The quantitative estimate of drug-likeness (QED) is 0.576. The Bertz CT molecular complexity index is 815. The van der Waals surface area contributed by atoms with E-state index in [-0.39, 0.29) is 22.1 Å². The van der Waals surface area contributed by atoms with Crippen molar-refractivity contribution in [1.29, 1.82) is 5.26 Å². The van der Waals surface area contributed by atoms with Crippen molar-refractivity contribution < 1.29 is 19.0 Å². The number of ether oxygens (including phenoxy) is 3. The van der Waals surface area contributed by atoms with Gasteiger partial charge >= 0.3 is 5.97 Å². The maximum Gasteiger partial charge on any atom is 0.347 e. The minimum atomic E-state index is -0.707. The van der Waals surface area contributed by atoms with E-state index in [2.05, 4.69) is 0 Å². The Morgan fingerprint density at radius 1 is 1.21 bits per heavy atom. The number of nitrogens with zero attached hydrogens (tertiary/aromatic N) is 1. The van der Waals surface area contributed by atoms with Crippen LogP contribution in [0.2, 0.25) is 10.0 Å². The van der Waals surface area contributed by atoms with E-state index in [1.165, 1.54) is 25.3 Å². The second kappa shape index (κ2) is 7.91. The highest BCUT2D eigenvalue weighted by molar-refractivity contribution is 6.32. The number of carbonyl (C=O) groups excluding carboxylic acids is 1. The van der Waals surface area contributed by atoms with E-state index in [0.29, 0.717) is 22.9 Å². The molecule has 0 fully saturated rings. The average Bonchev–Trinajstić information content (AvgIpc) is 2.57. The number of methoxy groups -OCH3 is 1. The van der Waals surface area contributed by atoms with Gasteiger partial charge in [-0.2, -0.15) is 5.26 Å². The van der Waals surface area contributed by atoms with E-state index >= 15 is 0 Å². The Labute approximate surface area is 149 Å².